The first-order valence-corrected chi connectivity index (χ1v) is 6.18. The van der Waals surface area contributed by atoms with E-state index in [0.717, 1.165) is 29.7 Å². The molecule has 1 aliphatic carbocycles. The number of nitrogens with zero attached hydrogens (tertiary/aromatic N) is 2. The van der Waals surface area contributed by atoms with Crippen LogP contribution in [0.5, 0.6) is 0 Å². The maximum absolute atomic E-state index is 8.24. The molecule has 4 heteroatoms. The molecule has 19 heavy (non-hydrogen) atoms. The maximum atomic E-state index is 8.24. The van der Waals surface area contributed by atoms with Gasteiger partial charge < -0.3 is 5.41 Å². The predicted octanol–water partition coefficient (Wildman–Crippen LogP) is 3.30. The number of nitrogens with one attached hydrogen (secondary N) is 1. The number of aromatic nitrogens is 2. The van der Waals surface area contributed by atoms with Crippen LogP contribution in [0, 0.1) is 12.3 Å². The third-order valence-electron chi connectivity index (χ3n) is 3.61. The lowest BCUT2D eigenvalue weighted by Crippen LogP contribution is -2.21. The molecule has 2 heterocycles. The number of pyridine rings is 2. The molecule has 0 radical (unpaired) electrons. The summed E-state index contributed by atoms with van der Waals surface area (Å²) in [7, 11) is 0. The fourth-order valence-corrected chi connectivity index (χ4v) is 2.71. The van der Waals surface area contributed by atoms with Crippen LogP contribution < -0.4 is 0 Å². The van der Waals surface area contributed by atoms with Gasteiger partial charge in [-0.05, 0) is 55.0 Å². The molecule has 1 unspecified atom stereocenters. The molecule has 3 nitrogen and oxygen atoms in total. The van der Waals surface area contributed by atoms with Crippen LogP contribution in [0.4, 0.5) is 0 Å². The summed E-state index contributed by atoms with van der Waals surface area (Å²) in [5.74, 6) is 0.363. The van der Waals surface area contributed by atoms with Crippen molar-refractivity contribution in [2.45, 2.75) is 25.7 Å². The van der Waals surface area contributed by atoms with Gasteiger partial charge in [-0.25, -0.2) is 0 Å². The van der Waals surface area contributed by atoms with E-state index in [1.165, 1.54) is 5.56 Å². The fraction of sp³-hybridized carbons (Fsp3) is 0.267. The third-order valence-corrected chi connectivity index (χ3v) is 3.61. The summed E-state index contributed by atoms with van der Waals surface area (Å²) in [5, 5.41) is 8.24. The van der Waals surface area contributed by atoms with E-state index in [9.17, 15) is 0 Å². The van der Waals surface area contributed by atoms with Crippen LogP contribution in [0.25, 0.3) is 0 Å². The Morgan fingerprint density at radius 3 is 2.58 bits per heavy atom. The highest BCUT2D eigenvalue weighted by atomic mass is 35.5. The van der Waals surface area contributed by atoms with Crippen molar-refractivity contribution in [2.75, 3.05) is 0 Å². The van der Waals surface area contributed by atoms with Crippen molar-refractivity contribution < 1.29 is 0 Å². The van der Waals surface area contributed by atoms with Crippen LogP contribution in [0.1, 0.15) is 34.7 Å². The van der Waals surface area contributed by atoms with Gasteiger partial charge in [-0.3, -0.25) is 9.97 Å². The number of hydrogen-bond acceptors (Lipinski definition) is 3. The van der Waals surface area contributed by atoms with Crippen molar-refractivity contribution >= 4 is 18.1 Å². The molecule has 1 atom stereocenters. The summed E-state index contributed by atoms with van der Waals surface area (Å²) in [4.78, 5) is 8.50. The van der Waals surface area contributed by atoms with Gasteiger partial charge in [-0.1, -0.05) is 0 Å². The molecule has 0 saturated heterocycles. The van der Waals surface area contributed by atoms with Crippen molar-refractivity contribution in [2.24, 2.45) is 0 Å². The highest BCUT2D eigenvalue weighted by molar-refractivity contribution is 6.01. The summed E-state index contributed by atoms with van der Waals surface area (Å²) in [6.45, 7) is 2.06. The lowest BCUT2D eigenvalue weighted by atomic mass is 9.80. The van der Waals surface area contributed by atoms with E-state index in [4.69, 9.17) is 5.41 Å². The first-order valence-electron chi connectivity index (χ1n) is 6.18. The summed E-state index contributed by atoms with van der Waals surface area (Å²) in [6.07, 6.45) is 7.19. The van der Waals surface area contributed by atoms with E-state index in [1.807, 2.05) is 36.8 Å². The Bertz CT molecular complexity index is 596. The number of hydrogen-bond donors (Lipinski definition) is 1. The zero-order valence-electron chi connectivity index (χ0n) is 10.8. The highest BCUT2D eigenvalue weighted by Crippen LogP contribution is 2.32. The quantitative estimate of drug-likeness (QED) is 0.867. The first kappa shape index (κ1) is 13.7. The van der Waals surface area contributed by atoms with Gasteiger partial charge in [-0.2, -0.15) is 0 Å². The zero-order valence-corrected chi connectivity index (χ0v) is 11.6. The van der Waals surface area contributed by atoms with Crippen LogP contribution in [-0.2, 0) is 6.42 Å². The topological polar surface area (TPSA) is 49.6 Å². The molecule has 0 amide bonds. The van der Waals surface area contributed by atoms with E-state index < -0.39 is 0 Å². The van der Waals surface area contributed by atoms with Gasteiger partial charge in [0.15, 0.2) is 0 Å². The van der Waals surface area contributed by atoms with Gasteiger partial charge in [0.25, 0.3) is 0 Å². The predicted molar refractivity (Wildman–Crippen MR) is 78.3 cm³/mol. The minimum Gasteiger partial charge on any atom is -0.305 e. The van der Waals surface area contributed by atoms with E-state index in [-0.39, 0.29) is 12.4 Å². The summed E-state index contributed by atoms with van der Waals surface area (Å²) >= 11 is 0. The van der Waals surface area contributed by atoms with Crippen molar-refractivity contribution in [1.82, 2.24) is 9.97 Å². The minimum absolute atomic E-state index is 0. The van der Waals surface area contributed by atoms with Gasteiger partial charge in [0.05, 0.1) is 5.69 Å². The standard InChI is InChI=1S/C15H15N3.ClH/c1-10-2-7-18-14-9-12(8-13(16)15(10)14)11-3-5-17-6-4-11;/h2-7,12,16H,8-9H2,1H3;1H. The second kappa shape index (κ2) is 5.49. The summed E-state index contributed by atoms with van der Waals surface area (Å²) in [6, 6.07) is 6.07. The molecule has 0 bridgehead atoms. The van der Waals surface area contributed by atoms with Crippen LogP contribution in [0.2, 0.25) is 0 Å². The number of aryl methyl sites for hydroxylation is 1. The van der Waals surface area contributed by atoms with E-state index in [2.05, 4.69) is 16.9 Å². The molecule has 2 aromatic rings. The lowest BCUT2D eigenvalue weighted by molar-refractivity contribution is 0.676. The van der Waals surface area contributed by atoms with E-state index in [0.29, 0.717) is 11.6 Å². The van der Waals surface area contributed by atoms with E-state index >= 15 is 0 Å². The molecular formula is C15H16ClN3. The number of fused-ring (bicyclic) bond motifs is 1. The number of rotatable bonds is 1. The van der Waals surface area contributed by atoms with Crippen LogP contribution in [0.3, 0.4) is 0 Å². The highest BCUT2D eigenvalue weighted by Gasteiger charge is 2.25. The number of halogens is 1. The van der Waals surface area contributed by atoms with E-state index in [1.54, 1.807) is 0 Å². The molecule has 0 saturated carbocycles. The van der Waals surface area contributed by atoms with Gasteiger partial charge >= 0.3 is 0 Å². The lowest BCUT2D eigenvalue weighted by Gasteiger charge is -2.25. The molecule has 2 aromatic heterocycles. The summed E-state index contributed by atoms with van der Waals surface area (Å²) in [5.41, 5.74) is 5.25. The molecule has 0 aliphatic heterocycles. The Balaban J connectivity index is 0.00000133. The zero-order chi connectivity index (χ0) is 12.5. The second-order valence-corrected chi connectivity index (χ2v) is 4.81. The van der Waals surface area contributed by atoms with Gasteiger partial charge in [0.1, 0.15) is 0 Å². The monoisotopic (exact) mass is 273 g/mol. The fourth-order valence-electron chi connectivity index (χ4n) is 2.71. The Morgan fingerprint density at radius 1 is 1.11 bits per heavy atom. The van der Waals surface area contributed by atoms with Gasteiger partial charge in [0, 0.05) is 29.9 Å². The second-order valence-electron chi connectivity index (χ2n) is 4.81. The molecule has 0 fully saturated rings. The van der Waals surface area contributed by atoms with Crippen molar-refractivity contribution in [3.8, 4) is 0 Å². The average molecular weight is 274 g/mol. The minimum atomic E-state index is 0. The normalized spacial score (nSPS) is 17.5. The molecule has 1 aliphatic rings. The average Bonchev–Trinajstić information content (AvgIpc) is 2.39. The Labute approximate surface area is 119 Å². The Kier molecular flexibility index (Phi) is 3.96. The SMILES string of the molecule is Cc1ccnc2c1C(=N)CC(c1ccncc1)C2.Cl. The van der Waals surface area contributed by atoms with Crippen molar-refractivity contribution in [3.05, 3.63) is 59.2 Å². The molecule has 3 rings (SSSR count). The summed E-state index contributed by atoms with van der Waals surface area (Å²) < 4.78 is 0. The van der Waals surface area contributed by atoms with Gasteiger partial charge in [0.2, 0.25) is 0 Å². The van der Waals surface area contributed by atoms with Crippen molar-refractivity contribution in [1.29, 1.82) is 5.41 Å². The van der Waals surface area contributed by atoms with Gasteiger partial charge in [-0.15, -0.1) is 12.4 Å². The smallest absolute Gasteiger partial charge is 0.0502 e. The van der Waals surface area contributed by atoms with Crippen LogP contribution >= 0.6 is 12.4 Å². The Hall–Kier alpha value is -1.74. The molecule has 1 N–H and O–H groups in total. The van der Waals surface area contributed by atoms with Crippen molar-refractivity contribution in [3.63, 3.8) is 0 Å². The molecule has 0 aromatic carbocycles. The Morgan fingerprint density at radius 2 is 1.84 bits per heavy atom. The first-order chi connectivity index (χ1) is 8.75. The van der Waals surface area contributed by atoms with Crippen LogP contribution in [-0.4, -0.2) is 15.7 Å². The maximum Gasteiger partial charge on any atom is 0.0502 e. The third kappa shape index (κ3) is 2.51. The largest absolute Gasteiger partial charge is 0.305 e. The molecular weight excluding hydrogens is 258 g/mol. The molecule has 0 spiro atoms. The van der Waals surface area contributed by atoms with Crippen LogP contribution in [0.15, 0.2) is 36.8 Å². The molecule has 98 valence electrons.